The number of hydrogen-bond acceptors (Lipinski definition) is 14. The molecule has 3 heterocycles. The first-order valence-electron chi connectivity index (χ1n) is 11.3. The van der Waals surface area contributed by atoms with Crippen LogP contribution in [0, 0.1) is 12.0 Å². The minimum absolute atomic E-state index is 0.0807. The molecule has 23 heteroatoms. The maximum Gasteiger partial charge on any atom is 0.490 e. The largest absolute Gasteiger partial charge is 0.490 e. The quantitative estimate of drug-likeness (QED) is 0.0420. The highest BCUT2D eigenvalue weighted by molar-refractivity contribution is 8.77. The highest BCUT2D eigenvalue weighted by atomic mass is 33.1. The van der Waals surface area contributed by atoms with E-state index in [2.05, 4.69) is 30.6 Å². The second-order valence-corrected chi connectivity index (χ2v) is 16.7. The molecular formula is C18H28N5O13P3S2. The van der Waals surface area contributed by atoms with E-state index in [1.807, 2.05) is 20.8 Å². The Kier molecular flexibility index (Phi) is 10.9. The third-order valence-corrected chi connectivity index (χ3v) is 11.7. The van der Waals surface area contributed by atoms with Gasteiger partial charge in [-0.2, -0.15) is 13.6 Å². The van der Waals surface area contributed by atoms with Crippen LogP contribution in [0.2, 0.25) is 0 Å². The number of ether oxygens (including phenoxy) is 2. The number of hydrogen-bond donors (Lipinski definition) is 7. The van der Waals surface area contributed by atoms with Crippen molar-refractivity contribution in [3.8, 4) is 12.0 Å². The maximum atomic E-state index is 12.6. The van der Waals surface area contributed by atoms with Gasteiger partial charge < -0.3 is 45.1 Å². The number of nitrogens with zero attached hydrogens (tertiary/aromatic N) is 2. The van der Waals surface area contributed by atoms with Crippen molar-refractivity contribution in [1.82, 2.24) is 14.5 Å². The molecule has 2 aromatic rings. The Morgan fingerprint density at radius 3 is 2.51 bits per heavy atom. The Hall–Kier alpha value is -1.39. The van der Waals surface area contributed by atoms with Crippen molar-refractivity contribution in [2.45, 2.75) is 50.4 Å². The molecule has 1 saturated heterocycles. The maximum absolute atomic E-state index is 12.6. The van der Waals surface area contributed by atoms with Gasteiger partial charge in [0.05, 0.1) is 18.3 Å². The molecule has 0 radical (unpaired) electrons. The zero-order valence-electron chi connectivity index (χ0n) is 21.6. The lowest BCUT2D eigenvalue weighted by atomic mass is 10.2. The van der Waals surface area contributed by atoms with Gasteiger partial charge in [0.15, 0.2) is 5.65 Å². The van der Waals surface area contributed by atoms with Gasteiger partial charge in [0.1, 0.15) is 23.7 Å². The van der Waals surface area contributed by atoms with Gasteiger partial charge in [-0.25, -0.2) is 13.7 Å². The van der Waals surface area contributed by atoms with E-state index in [0.717, 1.165) is 0 Å². The Balaban J connectivity index is 1.84. The van der Waals surface area contributed by atoms with E-state index in [9.17, 15) is 28.3 Å². The predicted molar refractivity (Wildman–Crippen MR) is 149 cm³/mol. The third-order valence-electron chi connectivity index (χ3n) is 4.86. The Bertz CT molecular complexity index is 1530. The van der Waals surface area contributed by atoms with Crippen molar-refractivity contribution >= 4 is 62.0 Å². The molecule has 18 nitrogen and oxygen atoms in total. The predicted octanol–water partition coefficient (Wildman–Crippen LogP) is 1.73. The highest BCUT2D eigenvalue weighted by Crippen LogP contribution is 2.66. The van der Waals surface area contributed by atoms with Crippen molar-refractivity contribution in [1.29, 1.82) is 0 Å². The first kappa shape index (κ1) is 34.1. The van der Waals surface area contributed by atoms with Crippen LogP contribution >= 0.6 is 45.1 Å². The van der Waals surface area contributed by atoms with E-state index in [1.165, 1.54) is 21.6 Å². The summed E-state index contributed by atoms with van der Waals surface area (Å²) in [4.78, 5) is 55.8. The molecule has 41 heavy (non-hydrogen) atoms. The Morgan fingerprint density at radius 1 is 1.22 bits per heavy atom. The fourth-order valence-corrected chi connectivity index (χ4v) is 8.58. The normalized spacial score (nSPS) is 22.7. The van der Waals surface area contributed by atoms with Gasteiger partial charge in [-0.05, 0) is 5.92 Å². The molecule has 1 aliphatic rings. The number of aromatic amines is 1. The molecule has 0 aliphatic carbocycles. The number of fused-ring (bicyclic) bond motifs is 1. The van der Waals surface area contributed by atoms with Crippen LogP contribution in [-0.2, 0) is 36.3 Å². The van der Waals surface area contributed by atoms with Crippen molar-refractivity contribution in [2.75, 3.05) is 18.3 Å². The van der Waals surface area contributed by atoms with Crippen LogP contribution in [0.3, 0.4) is 0 Å². The third kappa shape index (κ3) is 10.1. The summed E-state index contributed by atoms with van der Waals surface area (Å²) in [6.45, 7) is 5.27. The number of phosphoric acid groups is 3. The Labute approximate surface area is 240 Å². The summed E-state index contributed by atoms with van der Waals surface area (Å²) in [5, 5.41) is 0.0899. The smallest absolute Gasteiger partial charge is 0.369 e. The first-order chi connectivity index (χ1) is 18.8. The molecule has 5 atom stereocenters. The molecule has 3 unspecified atom stereocenters. The van der Waals surface area contributed by atoms with Gasteiger partial charge in [0.25, 0.3) is 5.56 Å². The van der Waals surface area contributed by atoms with Crippen LogP contribution in [-0.4, -0.2) is 63.6 Å². The van der Waals surface area contributed by atoms with Crippen molar-refractivity contribution in [2.24, 2.45) is 5.73 Å². The SMILES string of the molecule is CC(C)(C)SSCO[C@@H]1C[C@H](n2cc(C#CN)c3c(=O)[nH]c(N)nc32)OC1COP(=O)(O)OP(=O)(O)OP(=O)(O)O. The van der Waals surface area contributed by atoms with Gasteiger partial charge in [-0.15, -0.1) is 0 Å². The Morgan fingerprint density at radius 2 is 1.90 bits per heavy atom. The molecule has 3 rings (SSSR count). The summed E-state index contributed by atoms with van der Waals surface area (Å²) in [6, 6.07) is 2.21. The second kappa shape index (κ2) is 13.1. The molecule has 0 spiro atoms. The molecule has 0 saturated carbocycles. The number of rotatable bonds is 12. The fraction of sp³-hybridized carbons (Fsp3) is 0.556. The van der Waals surface area contributed by atoms with E-state index in [4.69, 9.17) is 35.3 Å². The minimum atomic E-state index is -5.71. The monoisotopic (exact) mass is 679 g/mol. The van der Waals surface area contributed by atoms with E-state index in [0.29, 0.717) is 0 Å². The summed E-state index contributed by atoms with van der Waals surface area (Å²) < 4.78 is 60.4. The standard InChI is InChI=1S/C18H28N5O13P3S2/c1-18(2,3)41-40-9-32-11-6-13(23-7-10(4-5-19)14-15(23)21-17(20)22-16(14)24)34-12(11)8-33-38(28,29)36-39(30,31)35-37(25,26)27/h7,11-13H,6,8-9,19H2,1-3H3,(H,28,29)(H,30,31)(H2,25,26,27)(H3,20,21,22,24)/t11-,12?,13-/m1/s1. The lowest BCUT2D eigenvalue weighted by Crippen LogP contribution is -2.29. The van der Waals surface area contributed by atoms with Crippen molar-refractivity contribution in [3.05, 3.63) is 22.1 Å². The highest BCUT2D eigenvalue weighted by Gasteiger charge is 2.43. The van der Waals surface area contributed by atoms with Gasteiger partial charge in [0, 0.05) is 23.4 Å². The van der Waals surface area contributed by atoms with E-state index >= 15 is 0 Å². The summed E-state index contributed by atoms with van der Waals surface area (Å²) in [7, 11) is -13.8. The van der Waals surface area contributed by atoms with Crippen LogP contribution in [0.4, 0.5) is 5.95 Å². The summed E-state index contributed by atoms with van der Waals surface area (Å²) in [5.41, 5.74) is 10.8. The molecule has 0 bridgehead atoms. The lowest BCUT2D eigenvalue weighted by Gasteiger charge is -2.22. The van der Waals surface area contributed by atoms with Crippen LogP contribution < -0.4 is 17.0 Å². The summed E-state index contributed by atoms with van der Waals surface area (Å²) in [5.74, 6) is 2.58. The summed E-state index contributed by atoms with van der Waals surface area (Å²) in [6.07, 6.45) is -1.20. The average molecular weight is 680 g/mol. The molecule has 0 amide bonds. The van der Waals surface area contributed by atoms with Crippen LogP contribution in [0.1, 0.15) is 39.0 Å². The fourth-order valence-electron chi connectivity index (χ4n) is 3.55. The van der Waals surface area contributed by atoms with E-state index < -0.39 is 54.1 Å². The second-order valence-electron chi connectivity index (χ2n) is 9.26. The molecule has 1 fully saturated rings. The van der Waals surface area contributed by atoms with Crippen LogP contribution in [0.15, 0.2) is 11.0 Å². The van der Waals surface area contributed by atoms with Gasteiger partial charge >= 0.3 is 23.5 Å². The molecule has 9 N–H and O–H groups in total. The number of H-pyrrole nitrogens is 1. The number of phosphoric ester groups is 1. The minimum Gasteiger partial charge on any atom is -0.369 e. The molecular weight excluding hydrogens is 651 g/mol. The average Bonchev–Trinajstić information content (AvgIpc) is 3.33. The number of nitrogen functional groups attached to an aromatic ring is 1. The van der Waals surface area contributed by atoms with Crippen LogP contribution in [0.5, 0.6) is 0 Å². The molecule has 230 valence electrons. The van der Waals surface area contributed by atoms with Gasteiger partial charge in [-0.1, -0.05) is 42.4 Å². The number of anilines is 1. The van der Waals surface area contributed by atoms with Gasteiger partial charge in [-0.3, -0.25) is 14.3 Å². The zero-order chi connectivity index (χ0) is 30.8. The molecule has 0 aromatic carbocycles. The number of nitrogens with one attached hydrogen (secondary N) is 1. The lowest BCUT2D eigenvalue weighted by molar-refractivity contribution is -0.0520. The molecule has 1 aliphatic heterocycles. The van der Waals surface area contributed by atoms with Gasteiger partial charge in [0.2, 0.25) is 5.95 Å². The van der Waals surface area contributed by atoms with Crippen molar-refractivity contribution in [3.63, 3.8) is 0 Å². The number of nitrogens with two attached hydrogens (primary N) is 2. The zero-order valence-corrected chi connectivity index (χ0v) is 25.9. The van der Waals surface area contributed by atoms with E-state index in [1.54, 1.807) is 10.8 Å². The van der Waals surface area contributed by atoms with Crippen molar-refractivity contribution < 1.29 is 55.9 Å². The summed E-state index contributed by atoms with van der Waals surface area (Å²) >= 11 is 0. The van der Waals surface area contributed by atoms with Crippen LogP contribution in [0.25, 0.3) is 11.0 Å². The topological polar surface area (TPSA) is 281 Å². The molecule has 2 aromatic heterocycles. The number of aromatic nitrogens is 3. The van der Waals surface area contributed by atoms with E-state index in [-0.39, 0.29) is 39.7 Å². The first-order valence-corrected chi connectivity index (χ1v) is 18.1.